The van der Waals surface area contributed by atoms with Crippen LogP contribution in [0.5, 0.6) is 0 Å². The maximum atomic E-state index is 12.1. The van der Waals surface area contributed by atoms with Crippen molar-refractivity contribution in [2.24, 2.45) is 5.73 Å². The minimum atomic E-state index is -0.458. The lowest BCUT2D eigenvalue weighted by atomic mass is 10.2. The Morgan fingerprint density at radius 3 is 2.86 bits per heavy atom. The normalized spacial score (nSPS) is 9.62. The van der Waals surface area contributed by atoms with Crippen LogP contribution in [0.15, 0.2) is 41.2 Å². The molecule has 1 aromatic heterocycles. The van der Waals surface area contributed by atoms with Gasteiger partial charge in [-0.25, -0.2) is 0 Å². The van der Waals surface area contributed by atoms with Crippen molar-refractivity contribution in [2.45, 2.75) is 6.92 Å². The lowest BCUT2D eigenvalue weighted by Gasteiger charge is -2.05. The maximum absolute atomic E-state index is 12.1. The molecule has 0 spiro atoms. The minimum Gasteiger partial charge on any atom is -0.326 e. The van der Waals surface area contributed by atoms with E-state index in [1.165, 1.54) is 6.07 Å². The largest absolute Gasteiger partial charge is 0.326 e. The number of carbonyl (C=O) groups is 1. The summed E-state index contributed by atoms with van der Waals surface area (Å²) in [5, 5.41) is 2.68. The number of hydrogen-bond donors (Lipinski definition) is 3. The Kier molecular flexibility index (Phi) is 4.54. The number of aryl methyl sites for hydroxylation is 1. The molecule has 2 rings (SSSR count). The highest BCUT2D eigenvalue weighted by atomic mass is 16.2. The highest BCUT2D eigenvalue weighted by molar-refractivity contribution is 6.04. The van der Waals surface area contributed by atoms with Gasteiger partial charge in [0.25, 0.3) is 11.5 Å². The highest BCUT2D eigenvalue weighted by Crippen LogP contribution is 2.10. The number of nitrogens with one attached hydrogen (secondary N) is 2. The number of amides is 1. The van der Waals surface area contributed by atoms with Crippen molar-refractivity contribution < 1.29 is 4.79 Å². The molecule has 0 unspecified atom stereocenters. The molecule has 1 heterocycles. The van der Waals surface area contributed by atoms with Crippen LogP contribution in [0.2, 0.25) is 0 Å². The number of carbonyl (C=O) groups excluding carboxylic acids is 1. The SMILES string of the molecule is Cc1ccc(C(=O)Nc2cccc(C#CCN)c2)c(=O)[nH]1. The molecule has 0 bridgehead atoms. The number of anilines is 1. The number of H-pyrrole nitrogens is 1. The molecule has 0 fully saturated rings. The summed E-state index contributed by atoms with van der Waals surface area (Å²) in [6.07, 6.45) is 0. The lowest BCUT2D eigenvalue weighted by Crippen LogP contribution is -2.23. The van der Waals surface area contributed by atoms with Gasteiger partial charge in [-0.1, -0.05) is 17.9 Å². The minimum absolute atomic E-state index is 0.0686. The van der Waals surface area contributed by atoms with Gasteiger partial charge >= 0.3 is 0 Å². The summed E-state index contributed by atoms with van der Waals surface area (Å²) in [5.41, 5.74) is 7.00. The van der Waals surface area contributed by atoms with Crippen LogP contribution in [0, 0.1) is 18.8 Å². The van der Waals surface area contributed by atoms with Crippen LogP contribution >= 0.6 is 0 Å². The van der Waals surface area contributed by atoms with E-state index in [0.29, 0.717) is 11.4 Å². The summed E-state index contributed by atoms with van der Waals surface area (Å²) in [6, 6.07) is 10.2. The van der Waals surface area contributed by atoms with E-state index >= 15 is 0 Å². The number of pyridine rings is 1. The molecule has 5 nitrogen and oxygen atoms in total. The fraction of sp³-hybridized carbons (Fsp3) is 0.125. The highest BCUT2D eigenvalue weighted by Gasteiger charge is 2.10. The summed E-state index contributed by atoms with van der Waals surface area (Å²) in [4.78, 5) is 26.4. The third-order valence-corrected chi connectivity index (χ3v) is 2.76. The second-order valence-electron chi connectivity index (χ2n) is 4.42. The second-order valence-corrected chi connectivity index (χ2v) is 4.42. The predicted molar refractivity (Wildman–Crippen MR) is 82.1 cm³/mol. The van der Waals surface area contributed by atoms with Gasteiger partial charge in [0.2, 0.25) is 0 Å². The Balaban J connectivity index is 2.21. The molecule has 2 aromatic rings. The Labute approximate surface area is 122 Å². The summed E-state index contributed by atoms with van der Waals surface area (Å²) < 4.78 is 0. The zero-order chi connectivity index (χ0) is 15.2. The lowest BCUT2D eigenvalue weighted by molar-refractivity contribution is 0.102. The standard InChI is InChI=1S/C16H15N3O2/c1-11-7-8-14(15(20)18-11)16(21)19-13-6-2-4-12(10-13)5-3-9-17/h2,4,6-8,10H,9,17H2,1H3,(H,18,20)(H,19,21). The topological polar surface area (TPSA) is 88.0 Å². The average Bonchev–Trinajstić information content (AvgIpc) is 2.45. The van der Waals surface area contributed by atoms with Crippen molar-refractivity contribution in [1.29, 1.82) is 0 Å². The first-order chi connectivity index (χ1) is 10.1. The molecule has 21 heavy (non-hydrogen) atoms. The summed E-state index contributed by atoms with van der Waals surface area (Å²) >= 11 is 0. The smallest absolute Gasteiger partial charge is 0.261 e. The molecule has 0 saturated carbocycles. The van der Waals surface area contributed by atoms with Crippen molar-refractivity contribution in [3.63, 3.8) is 0 Å². The first-order valence-electron chi connectivity index (χ1n) is 6.40. The van der Waals surface area contributed by atoms with E-state index in [1.54, 1.807) is 31.2 Å². The Hall–Kier alpha value is -2.84. The van der Waals surface area contributed by atoms with Crippen LogP contribution in [-0.4, -0.2) is 17.4 Å². The van der Waals surface area contributed by atoms with Gasteiger partial charge in [-0.3, -0.25) is 9.59 Å². The van der Waals surface area contributed by atoms with Gasteiger partial charge in [0, 0.05) is 16.9 Å². The van der Waals surface area contributed by atoms with E-state index in [0.717, 1.165) is 5.56 Å². The molecule has 5 heteroatoms. The number of aromatic nitrogens is 1. The molecule has 0 aliphatic rings. The molecular weight excluding hydrogens is 266 g/mol. The van der Waals surface area contributed by atoms with Crippen LogP contribution in [0.4, 0.5) is 5.69 Å². The Morgan fingerprint density at radius 1 is 1.33 bits per heavy atom. The second kappa shape index (κ2) is 6.55. The van der Waals surface area contributed by atoms with E-state index < -0.39 is 11.5 Å². The summed E-state index contributed by atoms with van der Waals surface area (Å²) in [7, 11) is 0. The van der Waals surface area contributed by atoms with Crippen molar-refractivity contribution in [2.75, 3.05) is 11.9 Å². The summed E-state index contributed by atoms with van der Waals surface area (Å²) in [5.74, 6) is 5.17. The van der Waals surface area contributed by atoms with Crippen LogP contribution < -0.4 is 16.6 Å². The van der Waals surface area contributed by atoms with Gasteiger partial charge in [0.15, 0.2) is 0 Å². The summed E-state index contributed by atoms with van der Waals surface area (Å²) in [6.45, 7) is 2.03. The number of nitrogens with two attached hydrogens (primary N) is 1. The predicted octanol–water partition coefficient (Wildman–Crippen LogP) is 1.25. The average molecular weight is 281 g/mol. The van der Waals surface area contributed by atoms with E-state index in [4.69, 9.17) is 5.73 Å². The van der Waals surface area contributed by atoms with Gasteiger partial charge in [0.1, 0.15) is 5.56 Å². The zero-order valence-electron chi connectivity index (χ0n) is 11.6. The number of hydrogen-bond acceptors (Lipinski definition) is 3. The number of aromatic amines is 1. The van der Waals surface area contributed by atoms with Gasteiger partial charge in [-0.2, -0.15) is 0 Å². The van der Waals surface area contributed by atoms with Crippen molar-refractivity contribution in [3.05, 3.63) is 63.6 Å². The molecule has 1 aromatic carbocycles. The van der Waals surface area contributed by atoms with Crippen LogP contribution in [0.25, 0.3) is 0 Å². The van der Waals surface area contributed by atoms with Gasteiger partial charge in [0.05, 0.1) is 6.54 Å². The van der Waals surface area contributed by atoms with Crippen LogP contribution in [0.1, 0.15) is 21.6 Å². The number of rotatable bonds is 2. The van der Waals surface area contributed by atoms with Crippen molar-refractivity contribution in [1.82, 2.24) is 4.98 Å². The van der Waals surface area contributed by atoms with E-state index in [9.17, 15) is 9.59 Å². The third kappa shape index (κ3) is 3.81. The molecule has 1 amide bonds. The van der Waals surface area contributed by atoms with Gasteiger partial charge in [-0.05, 0) is 37.3 Å². The molecule has 4 N–H and O–H groups in total. The van der Waals surface area contributed by atoms with E-state index in [2.05, 4.69) is 22.1 Å². The fourth-order valence-corrected chi connectivity index (χ4v) is 1.78. The number of benzene rings is 1. The molecule has 106 valence electrons. The third-order valence-electron chi connectivity index (χ3n) is 2.76. The van der Waals surface area contributed by atoms with Gasteiger partial charge in [-0.15, -0.1) is 0 Å². The molecule has 0 atom stereocenters. The Bertz CT molecular complexity index is 782. The van der Waals surface area contributed by atoms with Crippen molar-refractivity contribution >= 4 is 11.6 Å². The van der Waals surface area contributed by atoms with Gasteiger partial charge < -0.3 is 16.0 Å². The van der Waals surface area contributed by atoms with Crippen molar-refractivity contribution in [3.8, 4) is 11.8 Å². The Morgan fingerprint density at radius 2 is 2.14 bits per heavy atom. The molecule has 0 radical (unpaired) electrons. The quantitative estimate of drug-likeness (QED) is 0.724. The molecule has 0 aliphatic heterocycles. The molecule has 0 aliphatic carbocycles. The van der Waals surface area contributed by atoms with Crippen LogP contribution in [-0.2, 0) is 0 Å². The fourth-order valence-electron chi connectivity index (χ4n) is 1.78. The first-order valence-corrected chi connectivity index (χ1v) is 6.40. The first kappa shape index (κ1) is 14.6. The molecular formula is C16H15N3O2. The van der Waals surface area contributed by atoms with Crippen LogP contribution in [0.3, 0.4) is 0 Å². The van der Waals surface area contributed by atoms with E-state index in [1.807, 2.05) is 6.07 Å². The zero-order valence-corrected chi connectivity index (χ0v) is 11.6. The molecule has 0 saturated heterocycles. The maximum Gasteiger partial charge on any atom is 0.261 e. The monoisotopic (exact) mass is 281 g/mol. The van der Waals surface area contributed by atoms with E-state index in [-0.39, 0.29) is 12.1 Å².